The van der Waals surface area contributed by atoms with E-state index >= 15 is 0 Å². The van der Waals surface area contributed by atoms with Gasteiger partial charge in [0.2, 0.25) is 0 Å². The number of carbonyl (C=O) groups excluding carboxylic acids is 3. The SMILES string of the molecule is O=C([O-])c1cccc(C=C2SC(=O)N(Cc3ccc(F)cc3)C2=O)c1. The third-order valence-corrected chi connectivity index (χ3v) is 4.46. The van der Waals surface area contributed by atoms with Crippen molar-refractivity contribution in [1.82, 2.24) is 4.90 Å². The lowest BCUT2D eigenvalue weighted by Crippen LogP contribution is -2.27. The van der Waals surface area contributed by atoms with Crippen molar-refractivity contribution in [2.45, 2.75) is 6.54 Å². The lowest BCUT2D eigenvalue weighted by molar-refractivity contribution is -0.255. The molecule has 126 valence electrons. The van der Waals surface area contributed by atoms with Crippen LogP contribution in [0.3, 0.4) is 0 Å². The van der Waals surface area contributed by atoms with Crippen LogP contribution in [0, 0.1) is 5.82 Å². The molecule has 0 N–H and O–H groups in total. The number of carbonyl (C=O) groups is 3. The zero-order valence-electron chi connectivity index (χ0n) is 12.8. The number of benzene rings is 2. The Morgan fingerprint density at radius 2 is 1.88 bits per heavy atom. The van der Waals surface area contributed by atoms with Gasteiger partial charge in [-0.1, -0.05) is 30.3 Å². The number of amides is 2. The van der Waals surface area contributed by atoms with Gasteiger partial charge in [0.1, 0.15) is 5.82 Å². The summed E-state index contributed by atoms with van der Waals surface area (Å²) in [6.45, 7) is 0.0430. The molecule has 1 fully saturated rings. The summed E-state index contributed by atoms with van der Waals surface area (Å²) in [6.07, 6.45) is 1.46. The van der Waals surface area contributed by atoms with Gasteiger partial charge >= 0.3 is 0 Å². The van der Waals surface area contributed by atoms with E-state index in [9.17, 15) is 23.9 Å². The second-order valence-corrected chi connectivity index (χ2v) is 6.30. The van der Waals surface area contributed by atoms with E-state index in [1.54, 1.807) is 6.07 Å². The molecule has 25 heavy (non-hydrogen) atoms. The smallest absolute Gasteiger partial charge is 0.293 e. The molecule has 0 aromatic heterocycles. The van der Waals surface area contributed by atoms with E-state index in [-0.39, 0.29) is 17.0 Å². The van der Waals surface area contributed by atoms with Crippen molar-refractivity contribution >= 4 is 35.0 Å². The fourth-order valence-electron chi connectivity index (χ4n) is 2.32. The molecule has 0 atom stereocenters. The predicted molar refractivity (Wildman–Crippen MR) is 88.7 cm³/mol. The molecule has 2 aromatic carbocycles. The zero-order chi connectivity index (χ0) is 18.0. The molecule has 1 aliphatic heterocycles. The topological polar surface area (TPSA) is 77.5 Å². The molecular weight excluding hydrogens is 345 g/mol. The van der Waals surface area contributed by atoms with Crippen molar-refractivity contribution in [3.05, 3.63) is 75.9 Å². The zero-order valence-corrected chi connectivity index (χ0v) is 13.6. The number of hydrogen-bond acceptors (Lipinski definition) is 5. The molecule has 1 saturated heterocycles. The number of thioether (sulfide) groups is 1. The van der Waals surface area contributed by atoms with E-state index in [2.05, 4.69) is 0 Å². The predicted octanol–water partition coefficient (Wildman–Crippen LogP) is 2.43. The molecule has 7 heteroatoms. The second kappa shape index (κ2) is 6.90. The van der Waals surface area contributed by atoms with Crippen LogP contribution >= 0.6 is 11.8 Å². The molecule has 0 spiro atoms. The molecule has 1 aliphatic rings. The molecule has 2 aromatic rings. The highest BCUT2D eigenvalue weighted by Crippen LogP contribution is 2.33. The average Bonchev–Trinajstić information content (AvgIpc) is 2.84. The Balaban J connectivity index is 1.82. The van der Waals surface area contributed by atoms with Gasteiger partial charge < -0.3 is 9.90 Å². The van der Waals surface area contributed by atoms with Crippen LogP contribution in [0.1, 0.15) is 21.5 Å². The highest BCUT2D eigenvalue weighted by atomic mass is 32.2. The van der Waals surface area contributed by atoms with E-state index in [1.807, 2.05) is 0 Å². The first kappa shape index (κ1) is 16.9. The fourth-order valence-corrected chi connectivity index (χ4v) is 3.15. The van der Waals surface area contributed by atoms with E-state index < -0.39 is 22.9 Å². The van der Waals surface area contributed by atoms with Gasteiger partial charge in [-0.3, -0.25) is 14.5 Å². The Kier molecular flexibility index (Phi) is 4.67. The summed E-state index contributed by atoms with van der Waals surface area (Å²) in [6, 6.07) is 11.4. The molecule has 0 unspecified atom stereocenters. The van der Waals surface area contributed by atoms with Crippen LogP contribution in [0.5, 0.6) is 0 Å². The van der Waals surface area contributed by atoms with Gasteiger partial charge in [0, 0.05) is 0 Å². The van der Waals surface area contributed by atoms with Crippen LogP contribution in [0.2, 0.25) is 0 Å². The van der Waals surface area contributed by atoms with Gasteiger partial charge in [0.25, 0.3) is 11.1 Å². The molecular formula is C18H11FNO4S-. The lowest BCUT2D eigenvalue weighted by Gasteiger charge is -2.12. The van der Waals surface area contributed by atoms with Crippen LogP contribution in [0.4, 0.5) is 9.18 Å². The summed E-state index contributed by atoms with van der Waals surface area (Å²) in [5, 5.41) is 10.5. The van der Waals surface area contributed by atoms with Crippen molar-refractivity contribution in [2.24, 2.45) is 0 Å². The first-order chi connectivity index (χ1) is 11.9. The minimum atomic E-state index is -1.32. The Morgan fingerprint density at radius 3 is 2.56 bits per heavy atom. The number of aromatic carboxylic acids is 1. The van der Waals surface area contributed by atoms with Gasteiger partial charge in [0.05, 0.1) is 17.4 Å². The quantitative estimate of drug-likeness (QED) is 0.787. The fraction of sp³-hybridized carbons (Fsp3) is 0.0556. The Morgan fingerprint density at radius 1 is 1.16 bits per heavy atom. The van der Waals surface area contributed by atoms with Crippen LogP contribution in [0.25, 0.3) is 6.08 Å². The summed E-state index contributed by atoms with van der Waals surface area (Å²) in [4.78, 5) is 36.7. The molecule has 2 amide bonds. The maximum atomic E-state index is 12.9. The summed E-state index contributed by atoms with van der Waals surface area (Å²) in [7, 11) is 0. The molecule has 0 aliphatic carbocycles. The van der Waals surface area contributed by atoms with Gasteiger partial charge in [-0.05, 0) is 52.7 Å². The Hall–Kier alpha value is -2.93. The summed E-state index contributed by atoms with van der Waals surface area (Å²) < 4.78 is 12.9. The van der Waals surface area contributed by atoms with Gasteiger partial charge in [-0.15, -0.1) is 0 Å². The number of hydrogen-bond donors (Lipinski definition) is 0. The van der Waals surface area contributed by atoms with E-state index in [4.69, 9.17) is 0 Å². The number of nitrogens with zero attached hydrogens (tertiary/aromatic N) is 1. The number of rotatable bonds is 4. The van der Waals surface area contributed by atoms with Crippen LogP contribution in [0.15, 0.2) is 53.4 Å². The number of halogens is 1. The Labute approximate surface area is 146 Å². The minimum Gasteiger partial charge on any atom is -0.545 e. The maximum Gasteiger partial charge on any atom is 0.293 e. The largest absolute Gasteiger partial charge is 0.545 e. The number of carboxylic acid groups (broad SMARTS) is 1. The molecule has 0 saturated carbocycles. The summed E-state index contributed by atoms with van der Waals surface area (Å²) in [5.74, 6) is -2.19. The van der Waals surface area contributed by atoms with E-state index in [1.165, 1.54) is 48.5 Å². The second-order valence-electron chi connectivity index (χ2n) is 5.31. The monoisotopic (exact) mass is 356 g/mol. The molecule has 3 rings (SSSR count). The lowest BCUT2D eigenvalue weighted by atomic mass is 10.1. The molecule has 1 heterocycles. The first-order valence-corrected chi connectivity index (χ1v) is 8.07. The van der Waals surface area contributed by atoms with Crippen LogP contribution < -0.4 is 5.11 Å². The number of carboxylic acids is 1. The maximum absolute atomic E-state index is 12.9. The van der Waals surface area contributed by atoms with Crippen molar-refractivity contribution in [3.8, 4) is 0 Å². The van der Waals surface area contributed by atoms with E-state index in [0.717, 1.165) is 16.7 Å². The third-order valence-electron chi connectivity index (χ3n) is 3.55. The highest BCUT2D eigenvalue weighted by molar-refractivity contribution is 8.18. The third kappa shape index (κ3) is 3.77. The molecule has 0 radical (unpaired) electrons. The van der Waals surface area contributed by atoms with Crippen molar-refractivity contribution in [2.75, 3.05) is 0 Å². The molecule has 5 nitrogen and oxygen atoms in total. The van der Waals surface area contributed by atoms with Gasteiger partial charge in [0.15, 0.2) is 0 Å². The van der Waals surface area contributed by atoms with Crippen molar-refractivity contribution < 1.29 is 23.9 Å². The Bertz CT molecular complexity index is 892. The van der Waals surface area contributed by atoms with Crippen LogP contribution in [-0.4, -0.2) is 22.0 Å². The van der Waals surface area contributed by atoms with E-state index in [0.29, 0.717) is 11.1 Å². The first-order valence-electron chi connectivity index (χ1n) is 7.25. The highest BCUT2D eigenvalue weighted by Gasteiger charge is 2.34. The van der Waals surface area contributed by atoms with Crippen LogP contribution in [-0.2, 0) is 11.3 Å². The number of imide groups is 1. The minimum absolute atomic E-state index is 0.0145. The summed E-state index contributed by atoms with van der Waals surface area (Å²) >= 11 is 0.775. The van der Waals surface area contributed by atoms with Crippen molar-refractivity contribution in [3.63, 3.8) is 0 Å². The van der Waals surface area contributed by atoms with Gasteiger partial charge in [-0.2, -0.15) is 0 Å². The van der Waals surface area contributed by atoms with Crippen molar-refractivity contribution in [1.29, 1.82) is 0 Å². The average molecular weight is 356 g/mol. The normalized spacial score (nSPS) is 15.9. The molecule has 0 bridgehead atoms. The van der Waals surface area contributed by atoms with Gasteiger partial charge in [-0.25, -0.2) is 4.39 Å². The standard InChI is InChI=1S/C18H12FNO4S/c19-14-6-4-11(5-7-14)10-20-16(21)15(25-18(20)24)9-12-2-1-3-13(8-12)17(22)23/h1-9H,10H2,(H,22,23)/p-1. The summed E-state index contributed by atoms with van der Waals surface area (Å²) in [5.41, 5.74) is 1.09.